The Bertz CT molecular complexity index is 447. The first-order valence-electron chi connectivity index (χ1n) is 6.24. The Balaban J connectivity index is 2.90. The van der Waals surface area contributed by atoms with Crippen LogP contribution in [0.15, 0.2) is 12.1 Å². The van der Waals surface area contributed by atoms with Gasteiger partial charge < -0.3 is 20.5 Å². The van der Waals surface area contributed by atoms with Crippen LogP contribution in [-0.2, 0) is 0 Å². The molecular weight excluding hydrogens is 244 g/mol. The van der Waals surface area contributed by atoms with E-state index >= 15 is 0 Å². The lowest BCUT2D eigenvalue weighted by molar-refractivity contribution is 0.0947. The van der Waals surface area contributed by atoms with Crippen LogP contribution in [-0.4, -0.2) is 33.2 Å². The third-order valence-corrected chi connectivity index (χ3v) is 2.99. The van der Waals surface area contributed by atoms with Gasteiger partial charge >= 0.3 is 0 Å². The highest BCUT2D eigenvalue weighted by molar-refractivity contribution is 5.96. The van der Waals surface area contributed by atoms with Gasteiger partial charge in [0.15, 0.2) is 11.5 Å². The van der Waals surface area contributed by atoms with Gasteiger partial charge in [-0.1, -0.05) is 6.92 Å². The number of carbonyl (C=O) groups is 1. The van der Waals surface area contributed by atoms with Gasteiger partial charge in [0.2, 0.25) is 0 Å². The quantitative estimate of drug-likeness (QED) is 0.815. The minimum absolute atomic E-state index is 0.126. The molecule has 0 radical (unpaired) electrons. The number of hydrogen-bond donors (Lipinski definition) is 2. The van der Waals surface area contributed by atoms with Crippen LogP contribution in [0, 0.1) is 12.8 Å². The maximum Gasteiger partial charge on any atom is 0.251 e. The average molecular weight is 266 g/mol. The number of carbonyl (C=O) groups excluding carboxylic acids is 1. The molecule has 3 N–H and O–H groups in total. The monoisotopic (exact) mass is 266 g/mol. The second kappa shape index (κ2) is 6.99. The highest BCUT2D eigenvalue weighted by atomic mass is 16.5. The minimum Gasteiger partial charge on any atom is -0.493 e. The Hall–Kier alpha value is -1.75. The van der Waals surface area contributed by atoms with E-state index in [1.807, 2.05) is 13.8 Å². The van der Waals surface area contributed by atoms with Crippen molar-refractivity contribution in [2.24, 2.45) is 11.7 Å². The highest BCUT2D eigenvalue weighted by Crippen LogP contribution is 2.30. The maximum atomic E-state index is 12.1. The molecule has 0 saturated heterocycles. The number of methoxy groups -OCH3 is 2. The third-order valence-electron chi connectivity index (χ3n) is 2.99. The van der Waals surface area contributed by atoms with Gasteiger partial charge in [0.25, 0.3) is 5.91 Å². The van der Waals surface area contributed by atoms with Crippen molar-refractivity contribution in [2.45, 2.75) is 13.8 Å². The summed E-state index contributed by atoms with van der Waals surface area (Å²) >= 11 is 0. The van der Waals surface area contributed by atoms with Gasteiger partial charge in [0.05, 0.1) is 14.2 Å². The fourth-order valence-electron chi connectivity index (χ4n) is 1.67. The predicted molar refractivity (Wildman–Crippen MR) is 74.8 cm³/mol. The molecule has 0 bridgehead atoms. The van der Waals surface area contributed by atoms with Crippen LogP contribution in [0.3, 0.4) is 0 Å². The van der Waals surface area contributed by atoms with Crippen LogP contribution < -0.4 is 20.5 Å². The Morgan fingerprint density at radius 1 is 1.32 bits per heavy atom. The second-order valence-electron chi connectivity index (χ2n) is 4.57. The van der Waals surface area contributed by atoms with E-state index in [4.69, 9.17) is 15.2 Å². The number of benzene rings is 1. The minimum atomic E-state index is -0.126. The molecule has 1 unspecified atom stereocenters. The Morgan fingerprint density at radius 2 is 1.89 bits per heavy atom. The number of nitrogens with two attached hydrogens (primary N) is 1. The summed E-state index contributed by atoms with van der Waals surface area (Å²) in [5.41, 5.74) is 6.95. The van der Waals surface area contributed by atoms with Gasteiger partial charge in [-0.3, -0.25) is 4.79 Å². The van der Waals surface area contributed by atoms with Crippen LogP contribution in [0.5, 0.6) is 11.5 Å². The molecule has 1 rings (SSSR count). The van der Waals surface area contributed by atoms with Crippen molar-refractivity contribution in [1.29, 1.82) is 0 Å². The SMILES string of the molecule is COc1cc(C)c(C(=O)NCC(C)CN)cc1OC. The van der Waals surface area contributed by atoms with Gasteiger partial charge in [-0.15, -0.1) is 0 Å². The summed E-state index contributed by atoms with van der Waals surface area (Å²) < 4.78 is 10.4. The summed E-state index contributed by atoms with van der Waals surface area (Å²) in [7, 11) is 3.12. The van der Waals surface area contributed by atoms with E-state index in [1.54, 1.807) is 26.4 Å². The Labute approximate surface area is 114 Å². The molecular formula is C14H22N2O3. The van der Waals surface area contributed by atoms with E-state index in [0.29, 0.717) is 30.2 Å². The summed E-state index contributed by atoms with van der Waals surface area (Å²) in [5, 5.41) is 2.86. The Morgan fingerprint density at radius 3 is 2.42 bits per heavy atom. The Kier molecular flexibility index (Phi) is 5.63. The number of rotatable bonds is 6. The zero-order chi connectivity index (χ0) is 14.4. The van der Waals surface area contributed by atoms with Crippen molar-refractivity contribution in [1.82, 2.24) is 5.32 Å². The predicted octanol–water partition coefficient (Wildman–Crippen LogP) is 1.34. The van der Waals surface area contributed by atoms with Gasteiger partial charge in [0.1, 0.15) is 0 Å². The lowest BCUT2D eigenvalue weighted by atomic mass is 10.1. The maximum absolute atomic E-state index is 12.1. The van der Waals surface area contributed by atoms with Crippen LogP contribution in [0.25, 0.3) is 0 Å². The van der Waals surface area contributed by atoms with Gasteiger partial charge in [-0.2, -0.15) is 0 Å². The zero-order valence-corrected chi connectivity index (χ0v) is 11.9. The first kappa shape index (κ1) is 15.3. The lowest BCUT2D eigenvalue weighted by Crippen LogP contribution is -2.31. The zero-order valence-electron chi connectivity index (χ0n) is 11.9. The molecule has 1 aromatic rings. The van der Waals surface area contributed by atoms with E-state index < -0.39 is 0 Å². The standard InChI is InChI=1S/C14H22N2O3/c1-9(7-15)8-16-14(17)11-6-13(19-4)12(18-3)5-10(11)2/h5-6,9H,7-8,15H2,1-4H3,(H,16,17). The molecule has 1 amide bonds. The smallest absolute Gasteiger partial charge is 0.251 e. The molecule has 0 spiro atoms. The lowest BCUT2D eigenvalue weighted by Gasteiger charge is -2.14. The molecule has 0 aliphatic heterocycles. The molecule has 0 aliphatic carbocycles. The van der Waals surface area contributed by atoms with Crippen molar-refractivity contribution < 1.29 is 14.3 Å². The van der Waals surface area contributed by atoms with Crippen LogP contribution in [0.1, 0.15) is 22.8 Å². The van der Waals surface area contributed by atoms with Crippen LogP contribution in [0.2, 0.25) is 0 Å². The van der Waals surface area contributed by atoms with E-state index in [2.05, 4.69) is 5.32 Å². The third kappa shape index (κ3) is 3.86. The van der Waals surface area contributed by atoms with Crippen molar-refractivity contribution in [3.05, 3.63) is 23.3 Å². The second-order valence-corrected chi connectivity index (χ2v) is 4.57. The molecule has 0 fully saturated rings. The topological polar surface area (TPSA) is 73.6 Å². The van der Waals surface area contributed by atoms with E-state index in [9.17, 15) is 4.79 Å². The number of aryl methyl sites for hydroxylation is 1. The van der Waals surface area contributed by atoms with Crippen LogP contribution in [0.4, 0.5) is 0 Å². The summed E-state index contributed by atoms with van der Waals surface area (Å²) in [4.78, 5) is 12.1. The molecule has 0 heterocycles. The summed E-state index contributed by atoms with van der Waals surface area (Å²) in [6.45, 7) is 4.96. The number of nitrogens with one attached hydrogen (secondary N) is 1. The van der Waals surface area contributed by atoms with Gasteiger partial charge in [-0.25, -0.2) is 0 Å². The average Bonchev–Trinajstić information content (AvgIpc) is 2.43. The molecule has 0 aliphatic rings. The largest absolute Gasteiger partial charge is 0.493 e. The van der Waals surface area contributed by atoms with Crippen LogP contribution >= 0.6 is 0 Å². The van der Waals surface area contributed by atoms with Crippen molar-refractivity contribution in [3.63, 3.8) is 0 Å². The summed E-state index contributed by atoms with van der Waals surface area (Å²) in [6, 6.07) is 3.48. The number of hydrogen-bond acceptors (Lipinski definition) is 4. The fraction of sp³-hybridized carbons (Fsp3) is 0.500. The normalized spacial score (nSPS) is 11.8. The molecule has 0 saturated carbocycles. The first-order valence-corrected chi connectivity index (χ1v) is 6.24. The summed E-state index contributed by atoms with van der Waals surface area (Å²) in [6.07, 6.45) is 0. The van der Waals surface area contributed by atoms with E-state index in [1.165, 1.54) is 0 Å². The molecule has 106 valence electrons. The molecule has 5 nitrogen and oxygen atoms in total. The molecule has 1 atom stereocenters. The molecule has 1 aromatic carbocycles. The molecule has 0 aromatic heterocycles. The highest BCUT2D eigenvalue weighted by Gasteiger charge is 2.14. The number of ether oxygens (including phenoxy) is 2. The summed E-state index contributed by atoms with van der Waals surface area (Å²) in [5.74, 6) is 1.29. The number of amides is 1. The van der Waals surface area contributed by atoms with Crippen molar-refractivity contribution in [2.75, 3.05) is 27.3 Å². The van der Waals surface area contributed by atoms with Crippen molar-refractivity contribution >= 4 is 5.91 Å². The van der Waals surface area contributed by atoms with Crippen molar-refractivity contribution in [3.8, 4) is 11.5 Å². The first-order chi connectivity index (χ1) is 9.03. The molecule has 19 heavy (non-hydrogen) atoms. The van der Waals surface area contributed by atoms with Gasteiger partial charge in [-0.05, 0) is 37.1 Å². The van der Waals surface area contributed by atoms with E-state index in [-0.39, 0.29) is 11.8 Å². The van der Waals surface area contributed by atoms with E-state index in [0.717, 1.165) is 5.56 Å². The molecule has 5 heteroatoms. The van der Waals surface area contributed by atoms with Gasteiger partial charge in [0, 0.05) is 12.1 Å². The fourth-order valence-corrected chi connectivity index (χ4v) is 1.67.